The molecule has 0 N–H and O–H groups in total. The van der Waals surface area contributed by atoms with E-state index in [-0.39, 0.29) is 4.83 Å². The molecule has 0 heterocycles. The molecule has 0 amide bonds. The summed E-state index contributed by atoms with van der Waals surface area (Å²) < 4.78 is 0. The van der Waals surface area contributed by atoms with Gasteiger partial charge in [-0.2, -0.15) is 0 Å². The molecule has 0 saturated heterocycles. The van der Waals surface area contributed by atoms with Gasteiger partial charge in [0.2, 0.25) is 0 Å². The van der Waals surface area contributed by atoms with Gasteiger partial charge in [0.1, 0.15) is 0 Å². The third-order valence-electron chi connectivity index (χ3n) is 3.89. The highest BCUT2D eigenvalue weighted by molar-refractivity contribution is 9.09. The summed E-state index contributed by atoms with van der Waals surface area (Å²) in [6.45, 7) is 6.61. The van der Waals surface area contributed by atoms with E-state index >= 15 is 0 Å². The number of alkyl halides is 1. The SMILES string of the molecule is CCCCc1ccc(C(Br)c2c(C)cccc2C)cc1. The van der Waals surface area contributed by atoms with Gasteiger partial charge in [0, 0.05) is 0 Å². The highest BCUT2D eigenvalue weighted by Gasteiger charge is 2.14. The summed E-state index contributed by atoms with van der Waals surface area (Å²) in [6, 6.07) is 15.6. The van der Waals surface area contributed by atoms with Crippen molar-refractivity contribution in [3.63, 3.8) is 0 Å². The van der Waals surface area contributed by atoms with E-state index in [1.54, 1.807) is 0 Å². The highest BCUT2D eigenvalue weighted by Crippen LogP contribution is 2.35. The zero-order chi connectivity index (χ0) is 14.5. The van der Waals surface area contributed by atoms with Crippen molar-refractivity contribution in [3.05, 3.63) is 70.3 Å². The number of unbranched alkanes of at least 4 members (excludes halogenated alkanes) is 1. The quantitative estimate of drug-likeness (QED) is 0.578. The first-order valence-corrected chi connectivity index (χ1v) is 8.34. The minimum Gasteiger partial charge on any atom is -0.0786 e. The second-order valence-electron chi connectivity index (χ2n) is 5.51. The summed E-state index contributed by atoms with van der Waals surface area (Å²) in [6.07, 6.45) is 3.71. The Kier molecular flexibility index (Phi) is 5.42. The Morgan fingerprint density at radius 3 is 2.10 bits per heavy atom. The monoisotopic (exact) mass is 330 g/mol. The first kappa shape index (κ1) is 15.3. The van der Waals surface area contributed by atoms with Crippen LogP contribution in [0.15, 0.2) is 42.5 Å². The van der Waals surface area contributed by atoms with Crippen molar-refractivity contribution in [3.8, 4) is 0 Å². The van der Waals surface area contributed by atoms with Crippen LogP contribution in [0.3, 0.4) is 0 Å². The van der Waals surface area contributed by atoms with Crippen LogP contribution in [0.5, 0.6) is 0 Å². The minimum absolute atomic E-state index is 0.281. The summed E-state index contributed by atoms with van der Waals surface area (Å²) in [5, 5.41) is 0. The van der Waals surface area contributed by atoms with Crippen molar-refractivity contribution in [2.75, 3.05) is 0 Å². The van der Waals surface area contributed by atoms with Gasteiger partial charge in [0.25, 0.3) is 0 Å². The predicted molar refractivity (Wildman–Crippen MR) is 91.7 cm³/mol. The van der Waals surface area contributed by atoms with E-state index < -0.39 is 0 Å². The minimum atomic E-state index is 0.281. The maximum absolute atomic E-state index is 3.87. The van der Waals surface area contributed by atoms with Crippen LogP contribution in [0, 0.1) is 13.8 Å². The second kappa shape index (κ2) is 7.08. The van der Waals surface area contributed by atoms with Gasteiger partial charge in [0.15, 0.2) is 0 Å². The Bertz CT molecular complexity index is 534. The standard InChI is InChI=1S/C19H23Br/c1-4-5-9-16-10-12-17(13-11-16)19(20)18-14(2)7-6-8-15(18)3/h6-8,10-13,19H,4-5,9H2,1-3H3. The van der Waals surface area contributed by atoms with Crippen LogP contribution in [0.4, 0.5) is 0 Å². The summed E-state index contributed by atoms with van der Waals surface area (Å²) in [5.74, 6) is 0. The Morgan fingerprint density at radius 2 is 1.55 bits per heavy atom. The molecule has 0 spiro atoms. The molecule has 0 radical (unpaired) electrons. The summed E-state index contributed by atoms with van der Waals surface area (Å²) in [7, 11) is 0. The van der Waals surface area contributed by atoms with Crippen LogP contribution in [-0.4, -0.2) is 0 Å². The van der Waals surface area contributed by atoms with Crippen LogP contribution in [-0.2, 0) is 6.42 Å². The van der Waals surface area contributed by atoms with Crippen molar-refractivity contribution in [1.29, 1.82) is 0 Å². The van der Waals surface area contributed by atoms with Crippen molar-refractivity contribution in [2.45, 2.75) is 44.9 Å². The Morgan fingerprint density at radius 1 is 0.950 bits per heavy atom. The van der Waals surface area contributed by atoms with E-state index in [1.165, 1.54) is 47.1 Å². The molecule has 0 nitrogen and oxygen atoms in total. The molecular formula is C19H23Br. The molecule has 2 aromatic rings. The van der Waals surface area contributed by atoms with E-state index in [0.717, 1.165) is 0 Å². The first-order valence-electron chi connectivity index (χ1n) is 7.42. The van der Waals surface area contributed by atoms with Crippen molar-refractivity contribution in [1.82, 2.24) is 0 Å². The Balaban J connectivity index is 2.23. The van der Waals surface area contributed by atoms with Crippen LogP contribution in [0.25, 0.3) is 0 Å². The number of hydrogen-bond acceptors (Lipinski definition) is 0. The van der Waals surface area contributed by atoms with Crippen molar-refractivity contribution < 1.29 is 0 Å². The molecule has 106 valence electrons. The number of aryl methyl sites for hydroxylation is 3. The molecular weight excluding hydrogens is 308 g/mol. The van der Waals surface area contributed by atoms with Crippen LogP contribution in [0.2, 0.25) is 0 Å². The van der Waals surface area contributed by atoms with E-state index in [9.17, 15) is 0 Å². The van der Waals surface area contributed by atoms with E-state index in [0.29, 0.717) is 0 Å². The van der Waals surface area contributed by atoms with Gasteiger partial charge < -0.3 is 0 Å². The van der Waals surface area contributed by atoms with Crippen LogP contribution < -0.4 is 0 Å². The first-order chi connectivity index (χ1) is 9.63. The van der Waals surface area contributed by atoms with Gasteiger partial charge in [0.05, 0.1) is 4.83 Å². The Labute approximate surface area is 131 Å². The predicted octanol–water partition coefficient (Wildman–Crippen LogP) is 6.13. The van der Waals surface area contributed by atoms with Gasteiger partial charge in [-0.05, 0) is 54.5 Å². The third-order valence-corrected chi connectivity index (χ3v) is 4.87. The lowest BCUT2D eigenvalue weighted by atomic mass is 9.95. The van der Waals surface area contributed by atoms with Crippen LogP contribution in [0.1, 0.15) is 52.4 Å². The highest BCUT2D eigenvalue weighted by atomic mass is 79.9. The average Bonchev–Trinajstić information content (AvgIpc) is 2.45. The molecule has 1 heteroatoms. The molecule has 1 atom stereocenters. The fourth-order valence-corrected chi connectivity index (χ4v) is 3.66. The van der Waals surface area contributed by atoms with E-state index in [2.05, 4.69) is 79.2 Å². The maximum Gasteiger partial charge on any atom is 0.0649 e. The number of hydrogen-bond donors (Lipinski definition) is 0. The molecule has 0 fully saturated rings. The van der Waals surface area contributed by atoms with Crippen molar-refractivity contribution >= 4 is 15.9 Å². The molecule has 20 heavy (non-hydrogen) atoms. The molecule has 0 aromatic heterocycles. The van der Waals surface area contributed by atoms with Gasteiger partial charge in [-0.3, -0.25) is 0 Å². The third kappa shape index (κ3) is 3.52. The molecule has 0 saturated carbocycles. The van der Waals surface area contributed by atoms with Gasteiger partial charge in [-0.1, -0.05) is 71.7 Å². The molecule has 2 aromatic carbocycles. The topological polar surface area (TPSA) is 0 Å². The van der Waals surface area contributed by atoms with Crippen LogP contribution >= 0.6 is 15.9 Å². The molecule has 0 aliphatic carbocycles. The lowest BCUT2D eigenvalue weighted by Crippen LogP contribution is -1.99. The summed E-state index contributed by atoms with van der Waals surface area (Å²) >= 11 is 3.87. The second-order valence-corrected chi connectivity index (χ2v) is 6.43. The Hall–Kier alpha value is -1.08. The fourth-order valence-electron chi connectivity index (χ4n) is 2.63. The normalized spacial score (nSPS) is 12.4. The van der Waals surface area contributed by atoms with E-state index in [4.69, 9.17) is 0 Å². The van der Waals surface area contributed by atoms with Crippen molar-refractivity contribution in [2.24, 2.45) is 0 Å². The fraction of sp³-hybridized carbons (Fsp3) is 0.368. The number of halogens is 1. The summed E-state index contributed by atoms with van der Waals surface area (Å²) in [4.78, 5) is 0.281. The maximum atomic E-state index is 3.87. The lowest BCUT2D eigenvalue weighted by Gasteiger charge is -2.17. The zero-order valence-electron chi connectivity index (χ0n) is 12.6. The van der Waals surface area contributed by atoms with E-state index in [1.807, 2.05) is 0 Å². The molecule has 0 bridgehead atoms. The number of benzene rings is 2. The number of rotatable bonds is 5. The van der Waals surface area contributed by atoms with Gasteiger partial charge >= 0.3 is 0 Å². The molecule has 0 aliphatic heterocycles. The summed E-state index contributed by atoms with van der Waals surface area (Å²) in [5.41, 5.74) is 6.87. The smallest absolute Gasteiger partial charge is 0.0649 e. The zero-order valence-corrected chi connectivity index (χ0v) is 14.2. The van der Waals surface area contributed by atoms with Gasteiger partial charge in [-0.25, -0.2) is 0 Å². The largest absolute Gasteiger partial charge is 0.0786 e. The lowest BCUT2D eigenvalue weighted by molar-refractivity contribution is 0.794. The molecule has 0 aliphatic rings. The molecule has 1 unspecified atom stereocenters. The van der Waals surface area contributed by atoms with Gasteiger partial charge in [-0.15, -0.1) is 0 Å². The average molecular weight is 331 g/mol. The molecule has 2 rings (SSSR count).